The van der Waals surface area contributed by atoms with E-state index in [1.54, 1.807) is 43.5 Å². The first-order chi connectivity index (χ1) is 13.7. The third kappa shape index (κ3) is 4.10. The predicted octanol–water partition coefficient (Wildman–Crippen LogP) is 5.99. The fourth-order valence-corrected chi connectivity index (χ4v) is 3.50. The molecule has 0 aliphatic carbocycles. The van der Waals surface area contributed by atoms with E-state index in [0.29, 0.717) is 16.5 Å². The highest BCUT2D eigenvalue weighted by Gasteiger charge is 2.07. The first kappa shape index (κ1) is 17.9. The summed E-state index contributed by atoms with van der Waals surface area (Å²) >= 11 is 1.49. The fourth-order valence-electron chi connectivity index (χ4n) is 2.67. The Labute approximate surface area is 166 Å². The van der Waals surface area contributed by atoms with E-state index in [1.807, 2.05) is 48.5 Å². The number of methoxy groups -OCH3 is 1. The molecule has 0 atom stereocenters. The Kier molecular flexibility index (Phi) is 5.17. The van der Waals surface area contributed by atoms with Crippen LogP contribution in [0.25, 0.3) is 16.3 Å². The maximum absolute atomic E-state index is 12.4. The lowest BCUT2D eigenvalue weighted by atomic mass is 10.1. The standard InChI is InChI=1S/C23H17NO3S/c1-26-18-11-6-16(7-12-18)8-15-21(25)17-9-13-19(14-10-17)27-23-24-20-4-2-3-5-22(20)28-23/h2-15H,1H3/b15-8+. The third-order valence-corrected chi connectivity index (χ3v) is 5.08. The van der Waals surface area contributed by atoms with Crippen molar-refractivity contribution in [2.24, 2.45) is 0 Å². The van der Waals surface area contributed by atoms with Crippen LogP contribution in [0, 0.1) is 0 Å². The lowest BCUT2D eigenvalue weighted by Crippen LogP contribution is -1.94. The highest BCUT2D eigenvalue weighted by molar-refractivity contribution is 7.20. The second kappa shape index (κ2) is 8.06. The van der Waals surface area contributed by atoms with Crippen molar-refractivity contribution in [3.8, 4) is 16.7 Å². The number of thiazole rings is 1. The van der Waals surface area contributed by atoms with Crippen LogP contribution in [0.5, 0.6) is 16.7 Å². The van der Waals surface area contributed by atoms with Crippen molar-refractivity contribution in [1.82, 2.24) is 4.98 Å². The zero-order valence-electron chi connectivity index (χ0n) is 15.2. The number of hydrogen-bond donors (Lipinski definition) is 0. The van der Waals surface area contributed by atoms with Gasteiger partial charge in [-0.3, -0.25) is 4.79 Å². The topological polar surface area (TPSA) is 48.4 Å². The van der Waals surface area contributed by atoms with Crippen molar-refractivity contribution in [2.45, 2.75) is 0 Å². The van der Waals surface area contributed by atoms with E-state index in [-0.39, 0.29) is 5.78 Å². The summed E-state index contributed by atoms with van der Waals surface area (Å²) in [6.45, 7) is 0. The van der Waals surface area contributed by atoms with Crippen LogP contribution in [-0.2, 0) is 0 Å². The Morgan fingerprint density at radius 1 is 0.929 bits per heavy atom. The Balaban J connectivity index is 1.43. The van der Waals surface area contributed by atoms with Gasteiger partial charge in [0.05, 0.1) is 17.3 Å². The molecule has 28 heavy (non-hydrogen) atoms. The van der Waals surface area contributed by atoms with Crippen LogP contribution in [0.2, 0.25) is 0 Å². The number of carbonyl (C=O) groups excluding carboxylic acids is 1. The number of fused-ring (bicyclic) bond motifs is 1. The molecule has 0 aliphatic heterocycles. The largest absolute Gasteiger partial charge is 0.497 e. The van der Waals surface area contributed by atoms with Gasteiger partial charge < -0.3 is 9.47 Å². The lowest BCUT2D eigenvalue weighted by Gasteiger charge is -2.02. The molecule has 4 nitrogen and oxygen atoms in total. The van der Waals surface area contributed by atoms with Crippen LogP contribution < -0.4 is 9.47 Å². The quantitative estimate of drug-likeness (QED) is 0.301. The number of allylic oxidation sites excluding steroid dienone is 1. The molecule has 4 rings (SSSR count). The van der Waals surface area contributed by atoms with E-state index < -0.39 is 0 Å². The molecule has 1 aromatic heterocycles. The third-order valence-electron chi connectivity index (χ3n) is 4.16. The molecular formula is C23H17NO3S. The highest BCUT2D eigenvalue weighted by atomic mass is 32.1. The Hall–Kier alpha value is -3.44. The highest BCUT2D eigenvalue weighted by Crippen LogP contribution is 2.31. The van der Waals surface area contributed by atoms with Crippen LogP contribution in [0.3, 0.4) is 0 Å². The summed E-state index contributed by atoms with van der Waals surface area (Å²) in [5, 5.41) is 0.583. The summed E-state index contributed by atoms with van der Waals surface area (Å²) < 4.78 is 12.0. The van der Waals surface area contributed by atoms with Gasteiger partial charge in [0, 0.05) is 5.56 Å². The molecule has 0 radical (unpaired) electrons. The number of aromatic nitrogens is 1. The van der Waals surface area contributed by atoms with Crippen LogP contribution >= 0.6 is 11.3 Å². The van der Waals surface area contributed by atoms with E-state index in [0.717, 1.165) is 21.5 Å². The van der Waals surface area contributed by atoms with E-state index in [2.05, 4.69) is 4.98 Å². The van der Waals surface area contributed by atoms with Crippen molar-refractivity contribution < 1.29 is 14.3 Å². The van der Waals surface area contributed by atoms with Crippen molar-refractivity contribution in [2.75, 3.05) is 7.11 Å². The molecule has 138 valence electrons. The molecule has 0 spiro atoms. The Morgan fingerprint density at radius 2 is 1.64 bits per heavy atom. The number of rotatable bonds is 6. The summed E-state index contributed by atoms with van der Waals surface area (Å²) in [7, 11) is 1.62. The van der Waals surface area contributed by atoms with Gasteiger partial charge in [0.2, 0.25) is 0 Å². The monoisotopic (exact) mass is 387 g/mol. The van der Waals surface area contributed by atoms with E-state index in [4.69, 9.17) is 9.47 Å². The average molecular weight is 387 g/mol. The normalized spacial score (nSPS) is 11.0. The average Bonchev–Trinajstić information content (AvgIpc) is 3.15. The predicted molar refractivity (Wildman–Crippen MR) is 112 cm³/mol. The van der Waals surface area contributed by atoms with Crippen molar-refractivity contribution in [3.63, 3.8) is 0 Å². The van der Waals surface area contributed by atoms with Crippen molar-refractivity contribution in [1.29, 1.82) is 0 Å². The molecule has 0 amide bonds. The van der Waals surface area contributed by atoms with E-state index in [9.17, 15) is 4.79 Å². The first-order valence-corrected chi connectivity index (χ1v) is 9.53. The number of ketones is 1. The molecular weight excluding hydrogens is 370 g/mol. The SMILES string of the molecule is COc1ccc(/C=C/C(=O)c2ccc(Oc3nc4ccccc4s3)cc2)cc1. The maximum Gasteiger partial charge on any atom is 0.279 e. The fraction of sp³-hybridized carbons (Fsp3) is 0.0435. The van der Waals surface area contributed by atoms with Crippen LogP contribution in [0.4, 0.5) is 0 Å². The molecule has 0 unspecified atom stereocenters. The second-order valence-electron chi connectivity index (χ2n) is 6.04. The van der Waals surface area contributed by atoms with Gasteiger partial charge in [-0.25, -0.2) is 4.98 Å². The Morgan fingerprint density at radius 3 is 2.36 bits per heavy atom. The van der Waals surface area contributed by atoms with E-state index >= 15 is 0 Å². The molecule has 5 heteroatoms. The minimum absolute atomic E-state index is 0.0673. The minimum atomic E-state index is -0.0673. The minimum Gasteiger partial charge on any atom is -0.497 e. The number of hydrogen-bond acceptors (Lipinski definition) is 5. The molecule has 0 aliphatic rings. The van der Waals surface area contributed by atoms with Crippen LogP contribution in [-0.4, -0.2) is 17.9 Å². The molecule has 0 bridgehead atoms. The smallest absolute Gasteiger partial charge is 0.279 e. The Bertz CT molecular complexity index is 1100. The number of nitrogens with zero attached hydrogens (tertiary/aromatic N) is 1. The zero-order chi connectivity index (χ0) is 19.3. The number of benzene rings is 3. The van der Waals surface area contributed by atoms with Crippen LogP contribution in [0.1, 0.15) is 15.9 Å². The van der Waals surface area contributed by atoms with Crippen LogP contribution in [0.15, 0.2) is 78.9 Å². The summed E-state index contributed by atoms with van der Waals surface area (Å²) in [5.74, 6) is 1.37. The van der Waals surface area contributed by atoms with Gasteiger partial charge >= 0.3 is 0 Å². The van der Waals surface area contributed by atoms with Gasteiger partial charge in [-0.1, -0.05) is 41.7 Å². The van der Waals surface area contributed by atoms with Gasteiger partial charge in [-0.2, -0.15) is 0 Å². The number of ether oxygens (including phenoxy) is 2. The zero-order valence-corrected chi connectivity index (χ0v) is 16.0. The maximum atomic E-state index is 12.4. The molecule has 0 saturated carbocycles. The summed E-state index contributed by atoms with van der Waals surface area (Å²) in [5.41, 5.74) is 2.45. The molecule has 1 heterocycles. The molecule has 0 fully saturated rings. The van der Waals surface area contributed by atoms with Gasteiger partial charge in [0.1, 0.15) is 11.5 Å². The number of para-hydroxylation sites is 1. The summed E-state index contributed by atoms with van der Waals surface area (Å²) in [4.78, 5) is 16.8. The molecule has 4 aromatic rings. The van der Waals surface area contributed by atoms with Gasteiger partial charge in [0.15, 0.2) is 5.78 Å². The van der Waals surface area contributed by atoms with Gasteiger partial charge in [-0.15, -0.1) is 0 Å². The molecule has 3 aromatic carbocycles. The van der Waals surface area contributed by atoms with E-state index in [1.165, 1.54) is 11.3 Å². The van der Waals surface area contributed by atoms with Crippen molar-refractivity contribution >= 4 is 33.4 Å². The number of carbonyl (C=O) groups is 1. The lowest BCUT2D eigenvalue weighted by molar-refractivity contribution is 0.104. The van der Waals surface area contributed by atoms with Gasteiger partial charge in [-0.05, 0) is 60.2 Å². The van der Waals surface area contributed by atoms with Gasteiger partial charge in [0.25, 0.3) is 5.19 Å². The van der Waals surface area contributed by atoms with Crippen molar-refractivity contribution in [3.05, 3.63) is 90.0 Å². The first-order valence-electron chi connectivity index (χ1n) is 8.71. The summed E-state index contributed by atoms with van der Waals surface area (Å²) in [6.07, 6.45) is 3.35. The molecule has 0 saturated heterocycles. The molecule has 0 N–H and O–H groups in total. The second-order valence-corrected chi connectivity index (χ2v) is 7.04. The summed E-state index contributed by atoms with van der Waals surface area (Å²) in [6, 6.07) is 22.5.